The number of nitrogen functional groups attached to an aromatic ring is 1. The predicted octanol–water partition coefficient (Wildman–Crippen LogP) is 3.31. The van der Waals surface area contributed by atoms with E-state index in [1.165, 1.54) is 22.4 Å². The van der Waals surface area contributed by atoms with Crippen molar-refractivity contribution in [2.75, 3.05) is 24.7 Å². The minimum atomic E-state index is 0.808. The van der Waals surface area contributed by atoms with E-state index < -0.39 is 0 Å². The molecule has 2 nitrogen and oxygen atoms in total. The summed E-state index contributed by atoms with van der Waals surface area (Å²) >= 11 is 0. The summed E-state index contributed by atoms with van der Waals surface area (Å²) in [5.41, 5.74) is 11.5. The summed E-state index contributed by atoms with van der Waals surface area (Å²) < 4.78 is 0. The minimum absolute atomic E-state index is 0.808. The van der Waals surface area contributed by atoms with Crippen LogP contribution in [0.2, 0.25) is 0 Å². The van der Waals surface area contributed by atoms with Gasteiger partial charge >= 0.3 is 0 Å². The summed E-state index contributed by atoms with van der Waals surface area (Å²) in [6.07, 6.45) is 0. The van der Waals surface area contributed by atoms with Crippen molar-refractivity contribution in [2.45, 2.75) is 6.92 Å². The Kier molecular flexibility index (Phi) is 3.05. The van der Waals surface area contributed by atoms with Crippen LogP contribution in [0.15, 0.2) is 42.5 Å². The lowest BCUT2D eigenvalue weighted by Gasteiger charge is -2.13. The summed E-state index contributed by atoms with van der Waals surface area (Å²) in [4.78, 5) is 2.09. The molecule has 0 heterocycles. The number of aryl methyl sites for hydroxylation is 1. The Morgan fingerprint density at radius 1 is 0.941 bits per heavy atom. The van der Waals surface area contributed by atoms with Crippen LogP contribution >= 0.6 is 0 Å². The van der Waals surface area contributed by atoms with Gasteiger partial charge in [-0.3, -0.25) is 0 Å². The van der Waals surface area contributed by atoms with Gasteiger partial charge in [-0.2, -0.15) is 0 Å². The van der Waals surface area contributed by atoms with E-state index in [0.29, 0.717) is 0 Å². The van der Waals surface area contributed by atoms with Crippen LogP contribution in [-0.2, 0) is 0 Å². The number of nitrogens with zero attached hydrogens (tertiary/aromatic N) is 1. The highest BCUT2D eigenvalue weighted by Crippen LogP contribution is 2.27. The maximum atomic E-state index is 5.83. The Morgan fingerprint density at radius 3 is 2.18 bits per heavy atom. The molecular formula is C15H18N2. The van der Waals surface area contributed by atoms with E-state index in [9.17, 15) is 0 Å². The Hall–Kier alpha value is -1.96. The highest BCUT2D eigenvalue weighted by Gasteiger charge is 2.03. The molecule has 0 unspecified atom stereocenters. The van der Waals surface area contributed by atoms with Crippen molar-refractivity contribution in [3.05, 3.63) is 48.0 Å². The van der Waals surface area contributed by atoms with Crippen molar-refractivity contribution in [1.29, 1.82) is 0 Å². The first-order valence-corrected chi connectivity index (χ1v) is 5.72. The zero-order chi connectivity index (χ0) is 12.4. The molecule has 17 heavy (non-hydrogen) atoms. The number of hydrogen-bond donors (Lipinski definition) is 1. The van der Waals surface area contributed by atoms with Crippen molar-refractivity contribution >= 4 is 11.4 Å². The number of hydrogen-bond acceptors (Lipinski definition) is 2. The molecule has 2 rings (SSSR count). The third-order valence-electron chi connectivity index (χ3n) is 2.96. The van der Waals surface area contributed by atoms with E-state index in [1.54, 1.807) is 0 Å². The van der Waals surface area contributed by atoms with E-state index in [0.717, 1.165) is 5.69 Å². The van der Waals surface area contributed by atoms with Crippen LogP contribution in [0.5, 0.6) is 0 Å². The number of anilines is 2. The normalized spacial score (nSPS) is 10.3. The molecule has 0 amide bonds. The average molecular weight is 226 g/mol. The Morgan fingerprint density at radius 2 is 1.59 bits per heavy atom. The van der Waals surface area contributed by atoms with Crippen LogP contribution in [0, 0.1) is 6.92 Å². The second-order valence-corrected chi connectivity index (χ2v) is 4.52. The van der Waals surface area contributed by atoms with E-state index in [2.05, 4.69) is 42.2 Å². The third-order valence-corrected chi connectivity index (χ3v) is 2.96. The predicted molar refractivity (Wildman–Crippen MR) is 75.4 cm³/mol. The largest absolute Gasteiger partial charge is 0.399 e. The van der Waals surface area contributed by atoms with Crippen LogP contribution in [0.25, 0.3) is 11.1 Å². The van der Waals surface area contributed by atoms with Gasteiger partial charge in [-0.1, -0.05) is 18.2 Å². The van der Waals surface area contributed by atoms with Gasteiger partial charge in [0.2, 0.25) is 0 Å². The Labute approximate surface area is 103 Å². The molecule has 2 heteroatoms. The van der Waals surface area contributed by atoms with Gasteiger partial charge in [0.1, 0.15) is 0 Å². The average Bonchev–Trinajstić information content (AvgIpc) is 2.32. The summed E-state index contributed by atoms with van der Waals surface area (Å²) in [6, 6.07) is 14.5. The molecule has 2 aromatic rings. The van der Waals surface area contributed by atoms with Crippen LogP contribution in [0.4, 0.5) is 11.4 Å². The molecule has 0 aromatic heterocycles. The zero-order valence-corrected chi connectivity index (χ0v) is 10.6. The number of rotatable bonds is 2. The van der Waals surface area contributed by atoms with E-state index in [1.807, 2.05) is 26.2 Å². The van der Waals surface area contributed by atoms with Crippen LogP contribution in [0.1, 0.15) is 5.56 Å². The van der Waals surface area contributed by atoms with E-state index in [-0.39, 0.29) is 0 Å². The molecule has 0 atom stereocenters. The van der Waals surface area contributed by atoms with Crippen molar-refractivity contribution in [1.82, 2.24) is 0 Å². The molecule has 0 saturated carbocycles. The molecule has 0 fully saturated rings. The summed E-state index contributed by atoms with van der Waals surface area (Å²) in [5.74, 6) is 0. The fourth-order valence-corrected chi connectivity index (χ4v) is 1.89. The Balaban J connectivity index is 2.43. The molecule has 88 valence electrons. The molecule has 0 saturated heterocycles. The lowest BCUT2D eigenvalue weighted by Crippen LogP contribution is -2.07. The Bertz CT molecular complexity index is 513. The maximum absolute atomic E-state index is 5.83. The SMILES string of the molecule is Cc1ccc(N)cc1-c1ccc(N(C)C)cc1. The highest BCUT2D eigenvalue weighted by molar-refractivity contribution is 5.72. The second kappa shape index (κ2) is 4.50. The molecule has 2 aromatic carbocycles. The monoisotopic (exact) mass is 226 g/mol. The molecule has 0 aliphatic rings. The highest BCUT2D eigenvalue weighted by atomic mass is 15.1. The lowest BCUT2D eigenvalue weighted by molar-refractivity contribution is 1.13. The number of benzene rings is 2. The van der Waals surface area contributed by atoms with Gasteiger partial charge in [0.15, 0.2) is 0 Å². The molecule has 0 aliphatic carbocycles. The summed E-state index contributed by atoms with van der Waals surface area (Å²) in [7, 11) is 4.08. The van der Waals surface area contributed by atoms with Crippen molar-refractivity contribution < 1.29 is 0 Å². The third kappa shape index (κ3) is 2.41. The second-order valence-electron chi connectivity index (χ2n) is 4.52. The summed E-state index contributed by atoms with van der Waals surface area (Å²) in [5, 5.41) is 0. The van der Waals surface area contributed by atoms with Crippen LogP contribution in [0.3, 0.4) is 0 Å². The molecule has 0 bridgehead atoms. The van der Waals surface area contributed by atoms with Gasteiger partial charge in [0.05, 0.1) is 0 Å². The lowest BCUT2D eigenvalue weighted by atomic mass is 10.00. The van der Waals surface area contributed by atoms with Gasteiger partial charge in [-0.05, 0) is 47.9 Å². The van der Waals surface area contributed by atoms with Gasteiger partial charge in [-0.25, -0.2) is 0 Å². The molecule has 0 spiro atoms. The van der Waals surface area contributed by atoms with Crippen molar-refractivity contribution in [3.63, 3.8) is 0 Å². The van der Waals surface area contributed by atoms with Crippen LogP contribution < -0.4 is 10.6 Å². The quantitative estimate of drug-likeness (QED) is 0.796. The fourth-order valence-electron chi connectivity index (χ4n) is 1.89. The first-order chi connectivity index (χ1) is 8.08. The van der Waals surface area contributed by atoms with Gasteiger partial charge in [-0.15, -0.1) is 0 Å². The van der Waals surface area contributed by atoms with Gasteiger partial charge in [0.25, 0.3) is 0 Å². The van der Waals surface area contributed by atoms with Gasteiger partial charge in [0, 0.05) is 25.5 Å². The van der Waals surface area contributed by atoms with Crippen molar-refractivity contribution in [2.24, 2.45) is 0 Å². The van der Waals surface area contributed by atoms with Gasteiger partial charge < -0.3 is 10.6 Å². The number of nitrogens with two attached hydrogens (primary N) is 1. The smallest absolute Gasteiger partial charge is 0.0361 e. The molecule has 0 radical (unpaired) electrons. The maximum Gasteiger partial charge on any atom is 0.0361 e. The van der Waals surface area contributed by atoms with Crippen LogP contribution in [-0.4, -0.2) is 14.1 Å². The first kappa shape index (κ1) is 11.5. The summed E-state index contributed by atoms with van der Waals surface area (Å²) in [6.45, 7) is 2.11. The fraction of sp³-hybridized carbons (Fsp3) is 0.200. The molecular weight excluding hydrogens is 208 g/mol. The minimum Gasteiger partial charge on any atom is -0.399 e. The molecule has 2 N–H and O–H groups in total. The van der Waals surface area contributed by atoms with E-state index in [4.69, 9.17) is 5.73 Å². The molecule has 0 aliphatic heterocycles. The standard InChI is InChI=1S/C15H18N2/c1-11-4-7-13(16)10-15(11)12-5-8-14(9-6-12)17(2)3/h4-10H,16H2,1-3H3. The topological polar surface area (TPSA) is 29.3 Å². The zero-order valence-electron chi connectivity index (χ0n) is 10.6. The first-order valence-electron chi connectivity index (χ1n) is 5.72. The van der Waals surface area contributed by atoms with Crippen molar-refractivity contribution in [3.8, 4) is 11.1 Å². The van der Waals surface area contributed by atoms with E-state index >= 15 is 0 Å².